The number of morpholine rings is 1. The first kappa shape index (κ1) is 11.9. The molecule has 2 fully saturated rings. The van der Waals surface area contributed by atoms with Gasteiger partial charge in [-0.3, -0.25) is 0 Å². The summed E-state index contributed by atoms with van der Waals surface area (Å²) in [5, 5.41) is 0. The van der Waals surface area contributed by atoms with Crippen molar-refractivity contribution in [3.8, 4) is 0 Å². The van der Waals surface area contributed by atoms with Crippen LogP contribution in [0.3, 0.4) is 0 Å². The van der Waals surface area contributed by atoms with Gasteiger partial charge in [0.25, 0.3) is 0 Å². The molecule has 1 spiro atoms. The maximum absolute atomic E-state index is 5.95. The molecular formula is C14H21N3O. The highest BCUT2D eigenvalue weighted by Gasteiger charge is 2.42. The summed E-state index contributed by atoms with van der Waals surface area (Å²) in [6.07, 6.45) is 4.67. The van der Waals surface area contributed by atoms with Crippen molar-refractivity contribution < 1.29 is 4.74 Å². The molecule has 98 valence electrons. The van der Waals surface area contributed by atoms with Gasteiger partial charge < -0.3 is 9.64 Å². The summed E-state index contributed by atoms with van der Waals surface area (Å²) < 4.78 is 5.95. The van der Waals surface area contributed by atoms with E-state index in [-0.39, 0.29) is 5.60 Å². The van der Waals surface area contributed by atoms with E-state index in [1.165, 1.54) is 19.3 Å². The van der Waals surface area contributed by atoms with E-state index in [1.807, 2.05) is 6.92 Å². The van der Waals surface area contributed by atoms with Gasteiger partial charge in [-0.15, -0.1) is 0 Å². The summed E-state index contributed by atoms with van der Waals surface area (Å²) >= 11 is 0. The molecule has 1 aliphatic carbocycles. The van der Waals surface area contributed by atoms with E-state index in [0.29, 0.717) is 0 Å². The number of ether oxygens (including phenoxy) is 1. The first-order valence-electron chi connectivity index (χ1n) is 6.94. The maximum atomic E-state index is 5.95. The molecule has 0 bridgehead atoms. The summed E-state index contributed by atoms with van der Waals surface area (Å²) in [6.45, 7) is 6.87. The predicted molar refractivity (Wildman–Crippen MR) is 70.9 cm³/mol. The lowest BCUT2D eigenvalue weighted by atomic mass is 9.79. The van der Waals surface area contributed by atoms with Crippen LogP contribution in [0.4, 0.5) is 5.82 Å². The fraction of sp³-hybridized carbons (Fsp3) is 0.714. The molecule has 4 nitrogen and oxygen atoms in total. The normalized spacial score (nSPS) is 22.0. The molecule has 4 heteroatoms. The molecule has 0 radical (unpaired) electrons. The van der Waals surface area contributed by atoms with Crippen molar-refractivity contribution in [1.29, 1.82) is 0 Å². The molecule has 0 atom stereocenters. The molecule has 0 amide bonds. The lowest BCUT2D eigenvalue weighted by Gasteiger charge is -2.48. The topological polar surface area (TPSA) is 38.2 Å². The smallest absolute Gasteiger partial charge is 0.132 e. The van der Waals surface area contributed by atoms with Crippen LogP contribution in [0.5, 0.6) is 0 Å². The first-order valence-corrected chi connectivity index (χ1v) is 6.94. The molecule has 1 aliphatic heterocycles. The summed E-state index contributed by atoms with van der Waals surface area (Å²) in [7, 11) is 0. The fourth-order valence-corrected chi connectivity index (χ4v) is 2.87. The van der Waals surface area contributed by atoms with E-state index in [2.05, 4.69) is 27.9 Å². The third-order valence-corrected chi connectivity index (χ3v) is 4.08. The molecule has 18 heavy (non-hydrogen) atoms. The van der Waals surface area contributed by atoms with E-state index < -0.39 is 0 Å². The zero-order chi connectivity index (χ0) is 12.6. The van der Waals surface area contributed by atoms with E-state index in [4.69, 9.17) is 4.74 Å². The Labute approximate surface area is 108 Å². The second-order valence-electron chi connectivity index (χ2n) is 5.42. The Morgan fingerprint density at radius 3 is 2.89 bits per heavy atom. The van der Waals surface area contributed by atoms with Gasteiger partial charge in [0.2, 0.25) is 0 Å². The minimum Gasteiger partial charge on any atom is -0.371 e. The summed E-state index contributed by atoms with van der Waals surface area (Å²) in [4.78, 5) is 11.4. The summed E-state index contributed by atoms with van der Waals surface area (Å²) in [5.74, 6) is 1.95. The van der Waals surface area contributed by atoms with E-state index in [0.717, 1.165) is 43.5 Å². The van der Waals surface area contributed by atoms with Gasteiger partial charge in [0.15, 0.2) is 0 Å². The monoisotopic (exact) mass is 247 g/mol. The van der Waals surface area contributed by atoms with Gasteiger partial charge in [-0.05, 0) is 32.6 Å². The molecule has 2 aliphatic rings. The van der Waals surface area contributed by atoms with Gasteiger partial charge in [-0.25, -0.2) is 9.97 Å². The molecule has 0 N–H and O–H groups in total. The quantitative estimate of drug-likeness (QED) is 0.802. The molecule has 2 heterocycles. The molecule has 1 aromatic heterocycles. The molecule has 3 rings (SSSR count). The van der Waals surface area contributed by atoms with Crippen molar-refractivity contribution in [2.45, 2.75) is 45.1 Å². The number of aromatic nitrogens is 2. The molecule has 0 unspecified atom stereocenters. The van der Waals surface area contributed by atoms with E-state index >= 15 is 0 Å². The van der Waals surface area contributed by atoms with Gasteiger partial charge in [0.1, 0.15) is 11.6 Å². The van der Waals surface area contributed by atoms with E-state index in [1.54, 1.807) is 0 Å². The second-order valence-corrected chi connectivity index (χ2v) is 5.42. The van der Waals surface area contributed by atoms with Crippen molar-refractivity contribution in [1.82, 2.24) is 9.97 Å². The summed E-state index contributed by atoms with van der Waals surface area (Å²) in [5.41, 5.74) is 1.26. The highest BCUT2D eigenvalue weighted by molar-refractivity contribution is 5.41. The van der Waals surface area contributed by atoms with Gasteiger partial charge in [0, 0.05) is 24.8 Å². The maximum Gasteiger partial charge on any atom is 0.132 e. The Morgan fingerprint density at radius 2 is 2.22 bits per heavy atom. The Balaban J connectivity index is 1.83. The molecule has 0 aromatic carbocycles. The Bertz CT molecular complexity index is 443. The van der Waals surface area contributed by atoms with Crippen LogP contribution in [0.2, 0.25) is 0 Å². The Kier molecular flexibility index (Phi) is 2.98. The Hall–Kier alpha value is -1.16. The SMILES string of the molecule is CCc1cc(N2CCOC3(CCC3)C2)nc(C)n1. The standard InChI is InChI=1S/C14H21N3O/c1-3-12-9-13(16-11(2)15-12)17-7-8-18-14(10-17)5-4-6-14/h9H,3-8,10H2,1-2H3. The van der Waals surface area contributed by atoms with Gasteiger partial charge in [-0.1, -0.05) is 6.92 Å². The van der Waals surface area contributed by atoms with Crippen LogP contribution in [0.1, 0.15) is 37.7 Å². The number of nitrogens with zero attached hydrogens (tertiary/aromatic N) is 3. The summed E-state index contributed by atoms with van der Waals surface area (Å²) in [6, 6.07) is 2.13. The third kappa shape index (κ3) is 2.09. The van der Waals surface area contributed by atoms with Gasteiger partial charge in [0.05, 0.1) is 12.2 Å². The van der Waals surface area contributed by atoms with Crippen molar-refractivity contribution in [3.63, 3.8) is 0 Å². The average molecular weight is 247 g/mol. The van der Waals surface area contributed by atoms with Crippen LogP contribution < -0.4 is 4.90 Å². The largest absolute Gasteiger partial charge is 0.371 e. The van der Waals surface area contributed by atoms with E-state index in [9.17, 15) is 0 Å². The number of hydrogen-bond acceptors (Lipinski definition) is 4. The zero-order valence-corrected chi connectivity index (χ0v) is 11.3. The van der Waals surface area contributed by atoms with Crippen molar-refractivity contribution in [2.75, 3.05) is 24.6 Å². The molecule has 1 aromatic rings. The van der Waals surface area contributed by atoms with Gasteiger partial charge in [-0.2, -0.15) is 0 Å². The van der Waals surface area contributed by atoms with Crippen molar-refractivity contribution in [2.24, 2.45) is 0 Å². The molecule has 1 saturated carbocycles. The first-order chi connectivity index (χ1) is 8.71. The van der Waals surface area contributed by atoms with Crippen LogP contribution >= 0.6 is 0 Å². The highest BCUT2D eigenvalue weighted by atomic mass is 16.5. The van der Waals surface area contributed by atoms with Crippen LogP contribution in [-0.4, -0.2) is 35.3 Å². The predicted octanol–water partition coefficient (Wildman–Crippen LogP) is 2.11. The number of anilines is 1. The second kappa shape index (κ2) is 4.50. The minimum atomic E-state index is 0.128. The number of aryl methyl sites for hydroxylation is 2. The van der Waals surface area contributed by atoms with Crippen LogP contribution in [0.25, 0.3) is 0 Å². The average Bonchev–Trinajstić information content (AvgIpc) is 2.36. The minimum absolute atomic E-state index is 0.128. The lowest BCUT2D eigenvalue weighted by Crippen LogP contribution is -2.56. The highest BCUT2D eigenvalue weighted by Crippen LogP contribution is 2.39. The number of rotatable bonds is 2. The van der Waals surface area contributed by atoms with Crippen molar-refractivity contribution >= 4 is 5.82 Å². The van der Waals surface area contributed by atoms with Crippen LogP contribution in [-0.2, 0) is 11.2 Å². The lowest BCUT2D eigenvalue weighted by molar-refractivity contribution is -0.106. The van der Waals surface area contributed by atoms with Crippen molar-refractivity contribution in [3.05, 3.63) is 17.6 Å². The molecule has 1 saturated heterocycles. The fourth-order valence-electron chi connectivity index (χ4n) is 2.87. The van der Waals surface area contributed by atoms with Gasteiger partial charge >= 0.3 is 0 Å². The zero-order valence-electron chi connectivity index (χ0n) is 11.3. The molecular weight excluding hydrogens is 226 g/mol. The third-order valence-electron chi connectivity index (χ3n) is 4.08. The van der Waals surface area contributed by atoms with Crippen LogP contribution in [0, 0.1) is 6.92 Å². The Morgan fingerprint density at radius 1 is 1.39 bits per heavy atom. The van der Waals surface area contributed by atoms with Crippen LogP contribution in [0.15, 0.2) is 6.07 Å². The number of hydrogen-bond donors (Lipinski definition) is 0.